The minimum atomic E-state index is -3.50. The normalized spacial score (nSPS) is 17.1. The summed E-state index contributed by atoms with van der Waals surface area (Å²) in [6.45, 7) is 5.45. The SMILES string of the molecule is Cc1ccc(-c2noc(C(C)N3CCN(S(=O)(=O)/C=C/c4ccccc4)CC3)n2)cc1F. The van der Waals surface area contributed by atoms with Crippen LogP contribution in [0.3, 0.4) is 0 Å². The van der Waals surface area contributed by atoms with Crippen LogP contribution < -0.4 is 0 Å². The van der Waals surface area contributed by atoms with Gasteiger partial charge in [0.2, 0.25) is 21.7 Å². The third kappa shape index (κ3) is 4.95. The van der Waals surface area contributed by atoms with Gasteiger partial charge in [0.1, 0.15) is 5.82 Å². The second kappa shape index (κ2) is 9.32. The molecular weight excluding hydrogens is 431 g/mol. The molecule has 1 aliphatic heterocycles. The average Bonchev–Trinajstić information content (AvgIpc) is 3.30. The van der Waals surface area contributed by atoms with E-state index in [0.29, 0.717) is 49.0 Å². The lowest BCUT2D eigenvalue weighted by molar-refractivity contribution is 0.124. The highest BCUT2D eigenvalue weighted by Gasteiger charge is 2.30. The van der Waals surface area contributed by atoms with Crippen LogP contribution in [0.15, 0.2) is 58.5 Å². The summed E-state index contributed by atoms with van der Waals surface area (Å²) in [5.74, 6) is 0.430. The molecule has 168 valence electrons. The van der Waals surface area contributed by atoms with Crippen molar-refractivity contribution in [3.63, 3.8) is 0 Å². The maximum Gasteiger partial charge on any atom is 0.244 e. The van der Waals surface area contributed by atoms with Crippen molar-refractivity contribution >= 4 is 16.1 Å². The van der Waals surface area contributed by atoms with Gasteiger partial charge in [0.05, 0.1) is 6.04 Å². The van der Waals surface area contributed by atoms with Crippen LogP contribution in [0.2, 0.25) is 0 Å². The number of benzene rings is 2. The molecule has 9 heteroatoms. The second-order valence-corrected chi connectivity index (χ2v) is 9.61. The number of aromatic nitrogens is 2. The van der Waals surface area contributed by atoms with E-state index in [1.165, 1.54) is 15.8 Å². The van der Waals surface area contributed by atoms with Gasteiger partial charge in [-0.2, -0.15) is 9.29 Å². The van der Waals surface area contributed by atoms with E-state index in [4.69, 9.17) is 4.52 Å². The standard InChI is InChI=1S/C23H25FN4O3S/c1-17-8-9-20(16-21(17)24)22-25-23(31-26-22)18(2)27-11-13-28(14-12-27)32(29,30)15-10-19-6-4-3-5-7-19/h3-10,15-16,18H,11-14H2,1-2H3/b15-10+. The summed E-state index contributed by atoms with van der Waals surface area (Å²) >= 11 is 0. The molecule has 0 N–H and O–H groups in total. The zero-order valence-corrected chi connectivity index (χ0v) is 18.8. The van der Waals surface area contributed by atoms with Crippen LogP contribution in [0.1, 0.15) is 30.0 Å². The molecule has 0 radical (unpaired) electrons. The molecule has 1 unspecified atom stereocenters. The fraction of sp³-hybridized carbons (Fsp3) is 0.304. The van der Waals surface area contributed by atoms with E-state index in [1.807, 2.05) is 37.3 Å². The molecule has 0 saturated carbocycles. The summed E-state index contributed by atoms with van der Waals surface area (Å²) < 4.78 is 46.1. The zero-order chi connectivity index (χ0) is 22.7. The van der Waals surface area contributed by atoms with Gasteiger partial charge < -0.3 is 4.52 Å². The van der Waals surface area contributed by atoms with E-state index in [-0.39, 0.29) is 11.9 Å². The first kappa shape index (κ1) is 22.3. The molecule has 7 nitrogen and oxygen atoms in total. The first-order chi connectivity index (χ1) is 15.3. The van der Waals surface area contributed by atoms with E-state index in [0.717, 1.165) is 5.56 Å². The second-order valence-electron chi connectivity index (χ2n) is 7.79. The number of hydrogen-bond acceptors (Lipinski definition) is 6. The van der Waals surface area contributed by atoms with Crippen LogP contribution in [0.5, 0.6) is 0 Å². The van der Waals surface area contributed by atoms with Gasteiger partial charge >= 0.3 is 0 Å². The largest absolute Gasteiger partial charge is 0.337 e. The fourth-order valence-electron chi connectivity index (χ4n) is 3.57. The van der Waals surface area contributed by atoms with Crippen molar-refractivity contribution in [2.45, 2.75) is 19.9 Å². The monoisotopic (exact) mass is 456 g/mol. The first-order valence-electron chi connectivity index (χ1n) is 10.4. The van der Waals surface area contributed by atoms with E-state index < -0.39 is 10.0 Å². The van der Waals surface area contributed by atoms with Gasteiger partial charge in [0.25, 0.3) is 0 Å². The Balaban J connectivity index is 1.38. The molecule has 1 atom stereocenters. The van der Waals surface area contributed by atoms with Crippen molar-refractivity contribution in [2.24, 2.45) is 0 Å². The van der Waals surface area contributed by atoms with E-state index in [9.17, 15) is 12.8 Å². The lowest BCUT2D eigenvalue weighted by atomic mass is 10.1. The Morgan fingerprint density at radius 1 is 1.09 bits per heavy atom. The van der Waals surface area contributed by atoms with E-state index >= 15 is 0 Å². The summed E-state index contributed by atoms with van der Waals surface area (Å²) in [5.41, 5.74) is 1.94. The van der Waals surface area contributed by atoms with Crippen LogP contribution in [0.4, 0.5) is 4.39 Å². The van der Waals surface area contributed by atoms with Crippen LogP contribution in [-0.4, -0.2) is 53.9 Å². The Kier molecular flexibility index (Phi) is 6.50. The molecule has 3 aromatic rings. The molecule has 1 saturated heterocycles. The third-order valence-corrected chi connectivity index (χ3v) is 7.21. The van der Waals surface area contributed by atoms with Crippen molar-refractivity contribution in [3.8, 4) is 11.4 Å². The number of hydrogen-bond donors (Lipinski definition) is 0. The Hall–Kier alpha value is -2.88. The van der Waals surface area contributed by atoms with Crippen molar-refractivity contribution in [2.75, 3.05) is 26.2 Å². The highest BCUT2D eigenvalue weighted by Crippen LogP contribution is 2.25. The first-order valence-corrected chi connectivity index (χ1v) is 11.9. The summed E-state index contributed by atoms with van der Waals surface area (Å²) in [5, 5.41) is 5.24. The highest BCUT2D eigenvalue weighted by molar-refractivity contribution is 7.92. The number of nitrogens with zero attached hydrogens (tertiary/aromatic N) is 4. The Morgan fingerprint density at radius 3 is 2.50 bits per heavy atom. The van der Waals surface area contributed by atoms with Gasteiger partial charge in [-0.3, -0.25) is 4.90 Å². The van der Waals surface area contributed by atoms with Gasteiger partial charge in [-0.25, -0.2) is 12.8 Å². The Labute approximate surface area is 187 Å². The minimum absolute atomic E-state index is 0.184. The zero-order valence-electron chi connectivity index (χ0n) is 18.0. The number of piperazine rings is 1. The summed E-state index contributed by atoms with van der Waals surface area (Å²) in [7, 11) is -3.50. The molecule has 2 heterocycles. The van der Waals surface area contributed by atoms with Gasteiger partial charge in [0.15, 0.2) is 0 Å². The van der Waals surface area contributed by atoms with Crippen molar-refractivity contribution in [1.82, 2.24) is 19.3 Å². The molecule has 0 aliphatic carbocycles. The van der Waals surface area contributed by atoms with Crippen molar-refractivity contribution in [1.29, 1.82) is 0 Å². The molecule has 4 rings (SSSR count). The summed E-state index contributed by atoms with van der Waals surface area (Å²) in [6.07, 6.45) is 1.61. The van der Waals surface area contributed by atoms with Gasteiger partial charge in [-0.05, 0) is 37.1 Å². The fourth-order valence-corrected chi connectivity index (χ4v) is 4.74. The maximum absolute atomic E-state index is 13.9. The number of rotatable bonds is 6. The van der Waals surface area contributed by atoms with Gasteiger partial charge in [-0.15, -0.1) is 0 Å². The van der Waals surface area contributed by atoms with Gasteiger partial charge in [-0.1, -0.05) is 47.6 Å². The lowest BCUT2D eigenvalue weighted by Gasteiger charge is -2.35. The molecule has 1 fully saturated rings. The molecule has 32 heavy (non-hydrogen) atoms. The molecule has 1 aromatic heterocycles. The van der Waals surface area contributed by atoms with Crippen molar-refractivity contribution in [3.05, 3.63) is 76.8 Å². The lowest BCUT2D eigenvalue weighted by Crippen LogP contribution is -2.48. The predicted molar refractivity (Wildman–Crippen MR) is 120 cm³/mol. The molecule has 0 bridgehead atoms. The Morgan fingerprint density at radius 2 is 1.81 bits per heavy atom. The van der Waals surface area contributed by atoms with Crippen LogP contribution >= 0.6 is 0 Å². The third-order valence-electron chi connectivity index (χ3n) is 5.64. The quantitative estimate of drug-likeness (QED) is 0.560. The molecule has 0 amide bonds. The average molecular weight is 457 g/mol. The van der Waals surface area contributed by atoms with E-state index in [1.54, 1.807) is 25.1 Å². The number of aryl methyl sites for hydroxylation is 1. The highest BCUT2D eigenvalue weighted by atomic mass is 32.2. The number of sulfonamides is 1. The smallest absolute Gasteiger partial charge is 0.244 e. The topological polar surface area (TPSA) is 79.5 Å². The molecule has 0 spiro atoms. The van der Waals surface area contributed by atoms with Crippen LogP contribution in [-0.2, 0) is 10.0 Å². The maximum atomic E-state index is 13.9. The van der Waals surface area contributed by atoms with Crippen molar-refractivity contribution < 1.29 is 17.3 Å². The number of halogens is 1. The summed E-state index contributed by atoms with van der Waals surface area (Å²) in [6, 6.07) is 14.0. The van der Waals surface area contributed by atoms with E-state index in [2.05, 4.69) is 15.0 Å². The molecule has 1 aliphatic rings. The van der Waals surface area contributed by atoms with Crippen LogP contribution in [0.25, 0.3) is 17.5 Å². The van der Waals surface area contributed by atoms with Crippen LogP contribution in [0, 0.1) is 12.7 Å². The molecular formula is C23H25FN4O3S. The Bertz CT molecular complexity index is 1200. The molecule has 2 aromatic carbocycles. The minimum Gasteiger partial charge on any atom is -0.337 e. The summed E-state index contributed by atoms with van der Waals surface area (Å²) in [4.78, 5) is 6.53. The predicted octanol–water partition coefficient (Wildman–Crippen LogP) is 3.86. The van der Waals surface area contributed by atoms with Gasteiger partial charge in [0, 0.05) is 37.2 Å².